The Morgan fingerprint density at radius 2 is 2.00 bits per heavy atom. The van der Waals surface area contributed by atoms with Crippen LogP contribution in [-0.4, -0.2) is 35.5 Å². The van der Waals surface area contributed by atoms with Gasteiger partial charge in [0.15, 0.2) is 0 Å². The Morgan fingerprint density at radius 1 is 1.33 bits per heavy atom. The van der Waals surface area contributed by atoms with Crippen LogP contribution in [0.15, 0.2) is 18.2 Å². The maximum atomic E-state index is 6.20. The highest BCUT2D eigenvalue weighted by atomic mass is 79.9. The van der Waals surface area contributed by atoms with Crippen LogP contribution >= 0.6 is 39.1 Å². The van der Waals surface area contributed by atoms with E-state index < -0.39 is 0 Å². The zero-order valence-corrected chi connectivity index (χ0v) is 13.3. The molecule has 1 saturated heterocycles. The van der Waals surface area contributed by atoms with Crippen LogP contribution < -0.4 is 0 Å². The van der Waals surface area contributed by atoms with E-state index in [9.17, 15) is 0 Å². The molecule has 0 aromatic heterocycles. The fourth-order valence-electron chi connectivity index (χ4n) is 2.26. The first-order valence-corrected chi connectivity index (χ1v) is 7.84. The van der Waals surface area contributed by atoms with E-state index in [4.69, 9.17) is 27.9 Å². The Morgan fingerprint density at radius 3 is 2.61 bits per heavy atom. The summed E-state index contributed by atoms with van der Waals surface area (Å²) in [5, 5.41) is 2.32. The number of hydrogen-bond acceptors (Lipinski definition) is 2. The summed E-state index contributed by atoms with van der Waals surface area (Å²) in [6, 6.07) is 5.64. The van der Waals surface area contributed by atoms with Gasteiger partial charge < -0.3 is 4.74 Å². The van der Waals surface area contributed by atoms with Crippen molar-refractivity contribution >= 4 is 39.1 Å². The van der Waals surface area contributed by atoms with Gasteiger partial charge in [-0.2, -0.15) is 0 Å². The second kappa shape index (κ2) is 6.58. The van der Waals surface area contributed by atoms with Gasteiger partial charge in [-0.15, -0.1) is 0 Å². The number of halogens is 3. The number of benzene rings is 1. The first kappa shape index (κ1) is 14.6. The van der Waals surface area contributed by atoms with E-state index in [2.05, 4.69) is 27.8 Å². The third-order valence-electron chi connectivity index (χ3n) is 3.02. The molecule has 2 rings (SSSR count). The molecule has 5 heteroatoms. The van der Waals surface area contributed by atoms with Crippen LogP contribution in [0.5, 0.6) is 0 Å². The van der Waals surface area contributed by atoms with E-state index in [1.54, 1.807) is 0 Å². The minimum absolute atomic E-state index is 0.231. The summed E-state index contributed by atoms with van der Waals surface area (Å²) in [7, 11) is 0. The van der Waals surface area contributed by atoms with Crippen molar-refractivity contribution in [3.8, 4) is 0 Å². The van der Waals surface area contributed by atoms with Gasteiger partial charge in [0.2, 0.25) is 0 Å². The number of nitrogens with zero attached hydrogens (tertiary/aromatic N) is 1. The molecular formula is C13H16BrCl2NO. The molecule has 0 N–H and O–H groups in total. The highest BCUT2D eigenvalue weighted by molar-refractivity contribution is 9.09. The van der Waals surface area contributed by atoms with Crippen LogP contribution in [0.4, 0.5) is 0 Å². The van der Waals surface area contributed by atoms with E-state index in [1.807, 2.05) is 18.2 Å². The molecule has 0 radical (unpaired) electrons. The third-order valence-corrected chi connectivity index (χ3v) is 4.45. The summed E-state index contributed by atoms with van der Waals surface area (Å²) in [5.74, 6) is 0. The Kier molecular flexibility index (Phi) is 5.34. The molecule has 0 amide bonds. The van der Waals surface area contributed by atoms with Crippen molar-refractivity contribution in [2.45, 2.75) is 25.7 Å². The molecule has 0 aliphatic carbocycles. The van der Waals surface area contributed by atoms with Crippen molar-refractivity contribution in [3.63, 3.8) is 0 Å². The topological polar surface area (TPSA) is 12.5 Å². The summed E-state index contributed by atoms with van der Waals surface area (Å²) in [4.78, 5) is 2.34. The lowest BCUT2D eigenvalue weighted by Crippen LogP contribution is -2.46. The molecule has 1 heterocycles. The lowest BCUT2D eigenvalue weighted by atomic mass is 10.1. The molecule has 1 aliphatic heterocycles. The van der Waals surface area contributed by atoms with Crippen molar-refractivity contribution < 1.29 is 4.74 Å². The molecule has 1 fully saturated rings. The van der Waals surface area contributed by atoms with E-state index in [0.29, 0.717) is 0 Å². The van der Waals surface area contributed by atoms with Gasteiger partial charge in [-0.25, -0.2) is 0 Å². The fourth-order valence-corrected chi connectivity index (χ4v) is 3.14. The number of rotatable bonds is 3. The highest BCUT2D eigenvalue weighted by Gasteiger charge is 2.25. The maximum Gasteiger partial charge on any atom is 0.0802 e. The predicted molar refractivity (Wildman–Crippen MR) is 79.9 cm³/mol. The number of ether oxygens (including phenoxy) is 1. The first-order valence-electron chi connectivity index (χ1n) is 5.96. The molecule has 0 spiro atoms. The summed E-state index contributed by atoms with van der Waals surface area (Å²) >= 11 is 15.9. The fraction of sp³-hybridized carbons (Fsp3) is 0.538. The normalized spacial score (nSPS) is 25.3. The second-order valence-corrected chi connectivity index (χ2v) is 6.08. The van der Waals surface area contributed by atoms with Gasteiger partial charge in [-0.05, 0) is 19.1 Å². The summed E-state index contributed by atoms with van der Waals surface area (Å²) in [6.45, 7) is 4.67. The largest absolute Gasteiger partial charge is 0.372 e. The molecule has 100 valence electrons. The number of alkyl halides is 1. The zero-order chi connectivity index (χ0) is 13.1. The Hall–Kier alpha value is 0.200. The third kappa shape index (κ3) is 3.61. The number of morpholine rings is 1. The van der Waals surface area contributed by atoms with Gasteiger partial charge in [0.25, 0.3) is 0 Å². The van der Waals surface area contributed by atoms with Crippen molar-refractivity contribution in [3.05, 3.63) is 33.8 Å². The van der Waals surface area contributed by atoms with Crippen LogP contribution in [0.1, 0.15) is 12.5 Å². The Bertz CT molecular complexity index is 396. The molecule has 2 atom stereocenters. The highest BCUT2D eigenvalue weighted by Crippen LogP contribution is 2.27. The molecular weight excluding hydrogens is 337 g/mol. The van der Waals surface area contributed by atoms with Crippen molar-refractivity contribution in [1.29, 1.82) is 0 Å². The molecule has 2 nitrogen and oxygen atoms in total. The lowest BCUT2D eigenvalue weighted by Gasteiger charge is -2.36. The maximum absolute atomic E-state index is 6.20. The van der Waals surface area contributed by atoms with Gasteiger partial charge in [-0.1, -0.05) is 45.2 Å². The lowest BCUT2D eigenvalue weighted by molar-refractivity contribution is -0.0677. The molecule has 0 saturated carbocycles. The van der Waals surface area contributed by atoms with E-state index in [0.717, 1.165) is 40.6 Å². The Labute approximate surface area is 126 Å². The van der Waals surface area contributed by atoms with E-state index in [-0.39, 0.29) is 12.2 Å². The molecule has 1 aromatic carbocycles. The van der Waals surface area contributed by atoms with Crippen molar-refractivity contribution in [1.82, 2.24) is 4.90 Å². The van der Waals surface area contributed by atoms with Gasteiger partial charge in [0.05, 0.1) is 12.2 Å². The molecule has 0 bridgehead atoms. The standard InChI is InChI=1S/C13H16BrCl2NO/c1-9-6-17(7-10(5-14)18-9)8-11-12(15)3-2-4-13(11)16/h2-4,9-10H,5-8H2,1H3. The van der Waals surface area contributed by atoms with Crippen LogP contribution in [0.25, 0.3) is 0 Å². The van der Waals surface area contributed by atoms with E-state index in [1.165, 1.54) is 0 Å². The molecule has 18 heavy (non-hydrogen) atoms. The minimum Gasteiger partial charge on any atom is -0.372 e. The second-order valence-electron chi connectivity index (χ2n) is 4.62. The first-order chi connectivity index (χ1) is 8.60. The quantitative estimate of drug-likeness (QED) is 0.763. The van der Waals surface area contributed by atoms with Crippen LogP contribution in [0.2, 0.25) is 10.0 Å². The van der Waals surface area contributed by atoms with Crippen LogP contribution in [0, 0.1) is 0 Å². The smallest absolute Gasteiger partial charge is 0.0802 e. The summed E-state index contributed by atoms with van der Waals surface area (Å²) in [6.07, 6.45) is 0.470. The van der Waals surface area contributed by atoms with Gasteiger partial charge >= 0.3 is 0 Å². The summed E-state index contributed by atoms with van der Waals surface area (Å²) in [5.41, 5.74) is 1.00. The van der Waals surface area contributed by atoms with Crippen molar-refractivity contribution in [2.75, 3.05) is 18.4 Å². The average molecular weight is 353 g/mol. The monoisotopic (exact) mass is 351 g/mol. The summed E-state index contributed by atoms with van der Waals surface area (Å²) < 4.78 is 5.81. The van der Waals surface area contributed by atoms with Crippen LogP contribution in [-0.2, 0) is 11.3 Å². The molecule has 1 aromatic rings. The van der Waals surface area contributed by atoms with Crippen molar-refractivity contribution in [2.24, 2.45) is 0 Å². The number of hydrogen-bond donors (Lipinski definition) is 0. The molecule has 2 unspecified atom stereocenters. The van der Waals surface area contributed by atoms with Gasteiger partial charge in [0, 0.05) is 40.6 Å². The Balaban J connectivity index is 2.08. The van der Waals surface area contributed by atoms with E-state index >= 15 is 0 Å². The zero-order valence-electron chi connectivity index (χ0n) is 10.2. The van der Waals surface area contributed by atoms with Gasteiger partial charge in [-0.3, -0.25) is 4.90 Å². The molecule has 1 aliphatic rings. The average Bonchev–Trinajstić information content (AvgIpc) is 2.33. The SMILES string of the molecule is CC1CN(Cc2c(Cl)cccc2Cl)CC(CBr)O1. The van der Waals surface area contributed by atoms with Crippen LogP contribution in [0.3, 0.4) is 0 Å². The van der Waals surface area contributed by atoms with Gasteiger partial charge in [0.1, 0.15) is 0 Å². The minimum atomic E-state index is 0.231. The predicted octanol–water partition coefficient (Wildman–Crippen LogP) is 3.98.